The molecule has 0 saturated heterocycles. The van der Waals surface area contributed by atoms with Gasteiger partial charge in [0, 0.05) is 18.9 Å². The SMILES string of the molecule is CCCCCCCC/C=C/CCCCCCCCNCc1ccncc1. The summed E-state index contributed by atoms with van der Waals surface area (Å²) in [5.41, 5.74) is 1.32. The van der Waals surface area contributed by atoms with Gasteiger partial charge in [0.05, 0.1) is 0 Å². The topological polar surface area (TPSA) is 24.9 Å². The van der Waals surface area contributed by atoms with E-state index in [1.165, 1.54) is 95.5 Å². The number of nitrogens with zero attached hydrogens (tertiary/aromatic N) is 1. The summed E-state index contributed by atoms with van der Waals surface area (Å²) in [5.74, 6) is 0. The molecule has 0 amide bonds. The van der Waals surface area contributed by atoms with E-state index in [1.807, 2.05) is 12.4 Å². The summed E-state index contributed by atoms with van der Waals surface area (Å²) in [4.78, 5) is 4.04. The van der Waals surface area contributed by atoms with Crippen LogP contribution >= 0.6 is 0 Å². The minimum Gasteiger partial charge on any atom is -0.313 e. The number of allylic oxidation sites excluding steroid dienone is 2. The molecule has 1 rings (SSSR count). The highest BCUT2D eigenvalue weighted by Crippen LogP contribution is 2.09. The predicted molar refractivity (Wildman–Crippen MR) is 115 cm³/mol. The first-order chi connectivity index (χ1) is 12.9. The second kappa shape index (κ2) is 18.6. The van der Waals surface area contributed by atoms with Gasteiger partial charge in [0.1, 0.15) is 0 Å². The fourth-order valence-electron chi connectivity index (χ4n) is 3.23. The lowest BCUT2D eigenvalue weighted by atomic mass is 10.1. The Labute approximate surface area is 162 Å². The Kier molecular flexibility index (Phi) is 16.4. The average molecular weight is 359 g/mol. The van der Waals surface area contributed by atoms with Gasteiger partial charge in [0.2, 0.25) is 0 Å². The van der Waals surface area contributed by atoms with Crippen LogP contribution in [0.25, 0.3) is 0 Å². The monoisotopic (exact) mass is 358 g/mol. The Bertz CT molecular complexity index is 413. The molecule has 0 bridgehead atoms. The number of nitrogens with one attached hydrogen (secondary N) is 1. The van der Waals surface area contributed by atoms with Crippen molar-refractivity contribution in [1.29, 1.82) is 0 Å². The molecule has 0 saturated carbocycles. The van der Waals surface area contributed by atoms with Crippen LogP contribution in [0.4, 0.5) is 0 Å². The van der Waals surface area contributed by atoms with Gasteiger partial charge >= 0.3 is 0 Å². The van der Waals surface area contributed by atoms with E-state index < -0.39 is 0 Å². The molecular formula is C24H42N2. The number of pyridine rings is 1. The van der Waals surface area contributed by atoms with Crippen LogP contribution < -0.4 is 5.32 Å². The molecule has 0 aliphatic heterocycles. The Morgan fingerprint density at radius 2 is 1.27 bits per heavy atom. The molecule has 0 atom stereocenters. The molecule has 148 valence electrons. The average Bonchev–Trinajstić information content (AvgIpc) is 2.68. The van der Waals surface area contributed by atoms with Crippen molar-refractivity contribution in [2.75, 3.05) is 6.54 Å². The van der Waals surface area contributed by atoms with E-state index in [0.717, 1.165) is 13.1 Å². The molecule has 1 heterocycles. The van der Waals surface area contributed by atoms with E-state index in [-0.39, 0.29) is 0 Å². The van der Waals surface area contributed by atoms with Crippen LogP contribution in [0.1, 0.15) is 102 Å². The summed E-state index contributed by atoms with van der Waals surface area (Å²) in [7, 11) is 0. The first-order valence-electron chi connectivity index (χ1n) is 11.2. The van der Waals surface area contributed by atoms with Crippen molar-refractivity contribution in [3.05, 3.63) is 42.2 Å². The van der Waals surface area contributed by atoms with E-state index in [2.05, 4.69) is 41.5 Å². The van der Waals surface area contributed by atoms with Crippen molar-refractivity contribution in [2.24, 2.45) is 0 Å². The number of aromatic nitrogens is 1. The predicted octanol–water partition coefficient (Wildman–Crippen LogP) is 7.21. The van der Waals surface area contributed by atoms with Crippen molar-refractivity contribution >= 4 is 0 Å². The molecule has 1 N–H and O–H groups in total. The summed E-state index contributed by atoms with van der Waals surface area (Å²) >= 11 is 0. The highest BCUT2D eigenvalue weighted by molar-refractivity contribution is 5.08. The number of hydrogen-bond acceptors (Lipinski definition) is 2. The van der Waals surface area contributed by atoms with E-state index in [0.29, 0.717) is 0 Å². The summed E-state index contributed by atoms with van der Waals surface area (Å²) in [6, 6.07) is 4.16. The standard InChI is InChI=1S/C24H42N2/c1-2-3-4-5-6-7-8-9-10-11-12-13-14-15-16-17-20-26-23-24-18-21-25-22-19-24/h9-10,18-19,21-22,26H,2-8,11-17,20,23H2,1H3/b10-9+. The summed E-state index contributed by atoms with van der Waals surface area (Å²) in [6.45, 7) is 4.38. The Hall–Kier alpha value is -1.15. The van der Waals surface area contributed by atoms with Crippen LogP contribution in [0.2, 0.25) is 0 Å². The number of rotatable bonds is 18. The largest absolute Gasteiger partial charge is 0.313 e. The highest BCUT2D eigenvalue weighted by Gasteiger charge is 1.93. The maximum Gasteiger partial charge on any atom is 0.0271 e. The number of unbranched alkanes of at least 4 members (excludes halogenated alkanes) is 12. The molecule has 0 spiro atoms. The third kappa shape index (κ3) is 15.1. The first-order valence-corrected chi connectivity index (χ1v) is 11.2. The molecule has 1 aromatic rings. The lowest BCUT2D eigenvalue weighted by Crippen LogP contribution is -2.14. The Morgan fingerprint density at radius 3 is 1.88 bits per heavy atom. The van der Waals surface area contributed by atoms with Gasteiger partial charge < -0.3 is 5.32 Å². The van der Waals surface area contributed by atoms with Gasteiger partial charge in [-0.3, -0.25) is 4.98 Å². The van der Waals surface area contributed by atoms with Gasteiger partial charge in [-0.2, -0.15) is 0 Å². The lowest BCUT2D eigenvalue weighted by molar-refractivity contribution is 0.566. The van der Waals surface area contributed by atoms with Crippen molar-refractivity contribution in [3.8, 4) is 0 Å². The van der Waals surface area contributed by atoms with E-state index in [9.17, 15) is 0 Å². The zero-order chi connectivity index (χ0) is 18.5. The normalized spacial score (nSPS) is 11.4. The van der Waals surface area contributed by atoms with Crippen molar-refractivity contribution in [2.45, 2.75) is 103 Å². The minimum absolute atomic E-state index is 0.966. The molecule has 0 fully saturated rings. The van der Waals surface area contributed by atoms with Crippen LogP contribution in [0.15, 0.2) is 36.7 Å². The van der Waals surface area contributed by atoms with Crippen molar-refractivity contribution in [3.63, 3.8) is 0 Å². The number of hydrogen-bond donors (Lipinski definition) is 1. The molecule has 0 aliphatic rings. The molecule has 0 aromatic carbocycles. The van der Waals surface area contributed by atoms with E-state index in [1.54, 1.807) is 0 Å². The first kappa shape index (κ1) is 22.9. The fraction of sp³-hybridized carbons (Fsp3) is 0.708. The minimum atomic E-state index is 0.966. The third-order valence-corrected chi connectivity index (χ3v) is 4.94. The molecule has 0 aliphatic carbocycles. The van der Waals surface area contributed by atoms with Gasteiger partial charge in [-0.25, -0.2) is 0 Å². The van der Waals surface area contributed by atoms with Crippen molar-refractivity contribution in [1.82, 2.24) is 10.3 Å². The maximum atomic E-state index is 4.04. The summed E-state index contributed by atoms with van der Waals surface area (Å²) in [5, 5.41) is 3.51. The van der Waals surface area contributed by atoms with Crippen molar-refractivity contribution < 1.29 is 0 Å². The molecule has 2 nitrogen and oxygen atoms in total. The van der Waals surface area contributed by atoms with Crippen LogP contribution in [-0.4, -0.2) is 11.5 Å². The smallest absolute Gasteiger partial charge is 0.0271 e. The molecular weight excluding hydrogens is 316 g/mol. The molecule has 2 heteroatoms. The van der Waals surface area contributed by atoms with Crippen LogP contribution in [0, 0.1) is 0 Å². The van der Waals surface area contributed by atoms with Gasteiger partial charge in [0.25, 0.3) is 0 Å². The van der Waals surface area contributed by atoms with Gasteiger partial charge in [-0.1, -0.05) is 76.9 Å². The van der Waals surface area contributed by atoms with Gasteiger partial charge in [-0.15, -0.1) is 0 Å². The Balaban J connectivity index is 1.73. The van der Waals surface area contributed by atoms with E-state index >= 15 is 0 Å². The van der Waals surface area contributed by atoms with Crippen LogP contribution in [0.5, 0.6) is 0 Å². The summed E-state index contributed by atoms with van der Waals surface area (Å²) < 4.78 is 0. The second-order valence-electron chi connectivity index (χ2n) is 7.47. The lowest BCUT2D eigenvalue weighted by Gasteiger charge is -2.04. The van der Waals surface area contributed by atoms with E-state index in [4.69, 9.17) is 0 Å². The van der Waals surface area contributed by atoms with Crippen LogP contribution in [-0.2, 0) is 6.54 Å². The molecule has 0 radical (unpaired) electrons. The fourth-order valence-corrected chi connectivity index (χ4v) is 3.23. The van der Waals surface area contributed by atoms with Gasteiger partial charge in [-0.05, 0) is 56.3 Å². The highest BCUT2D eigenvalue weighted by atomic mass is 14.8. The second-order valence-corrected chi connectivity index (χ2v) is 7.47. The van der Waals surface area contributed by atoms with Gasteiger partial charge in [0.15, 0.2) is 0 Å². The molecule has 0 unspecified atom stereocenters. The quantitative estimate of drug-likeness (QED) is 0.221. The molecule has 1 aromatic heterocycles. The summed E-state index contributed by atoms with van der Waals surface area (Å²) in [6.07, 6.45) is 27.8. The Morgan fingerprint density at radius 1 is 0.731 bits per heavy atom. The maximum absolute atomic E-state index is 4.04. The third-order valence-electron chi connectivity index (χ3n) is 4.94. The zero-order valence-electron chi connectivity index (χ0n) is 17.2. The zero-order valence-corrected chi connectivity index (χ0v) is 17.2. The van der Waals surface area contributed by atoms with Crippen LogP contribution in [0.3, 0.4) is 0 Å². The molecule has 26 heavy (non-hydrogen) atoms.